The molecule has 1 heterocycles. The molecule has 10 heteroatoms. The highest BCUT2D eigenvalue weighted by Crippen LogP contribution is 2.28. The van der Waals surface area contributed by atoms with E-state index in [9.17, 15) is 13.8 Å². The third-order valence-electron chi connectivity index (χ3n) is 4.84. The van der Waals surface area contributed by atoms with Crippen molar-refractivity contribution in [2.24, 2.45) is 0 Å². The van der Waals surface area contributed by atoms with Crippen molar-refractivity contribution in [2.75, 3.05) is 29.6 Å². The molecule has 1 aromatic heterocycles. The minimum atomic E-state index is -1.05. The maximum atomic E-state index is 11.3. The van der Waals surface area contributed by atoms with Crippen LogP contribution < -0.4 is 9.80 Å². The van der Waals surface area contributed by atoms with Crippen LogP contribution in [0.2, 0.25) is 10.0 Å². The molecule has 1 N–H and O–H groups in total. The molecule has 1 amide bonds. The quantitative estimate of drug-likeness (QED) is 0.308. The summed E-state index contributed by atoms with van der Waals surface area (Å²) in [7, 11) is 0.911. The minimum Gasteiger partial charge on any atom is -0.480 e. The lowest BCUT2D eigenvalue weighted by molar-refractivity contribution is -0.136. The number of nitrogens with zero attached hydrogens (tertiary/aromatic N) is 3. The molecule has 0 spiro atoms. The Morgan fingerprint density at radius 2 is 1.72 bits per heavy atom. The predicted octanol–water partition coefficient (Wildman–Crippen LogP) is 6.68. The van der Waals surface area contributed by atoms with Crippen LogP contribution in [0.4, 0.5) is 11.5 Å². The van der Waals surface area contributed by atoms with Crippen molar-refractivity contribution in [3.8, 4) is 0 Å². The summed E-state index contributed by atoms with van der Waals surface area (Å²) >= 11 is 11.4. The van der Waals surface area contributed by atoms with Crippen LogP contribution in [0.1, 0.15) is 59.8 Å². The fourth-order valence-corrected chi connectivity index (χ4v) is 4.62. The van der Waals surface area contributed by atoms with Crippen LogP contribution in [0.15, 0.2) is 41.4 Å². The molecule has 0 radical (unpaired) electrons. The molecule has 1 unspecified atom stereocenters. The van der Waals surface area contributed by atoms with Crippen molar-refractivity contribution in [3.63, 3.8) is 0 Å². The number of carboxylic acid groups (broad SMARTS) is 1. The summed E-state index contributed by atoms with van der Waals surface area (Å²) in [6.45, 7) is 8.15. The Kier molecular flexibility index (Phi) is 17.9. The van der Waals surface area contributed by atoms with E-state index in [1.165, 1.54) is 11.3 Å². The van der Waals surface area contributed by atoms with Gasteiger partial charge in [-0.05, 0) is 43.2 Å². The molecular weight excluding hydrogens is 521 g/mol. The summed E-state index contributed by atoms with van der Waals surface area (Å²) in [5, 5.41) is 9.97. The van der Waals surface area contributed by atoms with Crippen molar-refractivity contribution < 1.29 is 18.9 Å². The topological polar surface area (TPSA) is 90.8 Å². The first-order valence-electron chi connectivity index (χ1n) is 12.0. The fraction of sp³-hybridized carbons (Fsp3) is 0.500. The molecule has 36 heavy (non-hydrogen) atoms. The Bertz CT molecular complexity index is 957. The maximum Gasteiger partial charge on any atom is 0.323 e. The SMILES string of the molecule is CCC.CCCC(CCC)N(C)c1ncccc1N(C=O)CC(=O)O.CS(=O)c1ccc(Cl)cc1Cl. The van der Waals surface area contributed by atoms with E-state index in [4.69, 9.17) is 28.3 Å². The van der Waals surface area contributed by atoms with Gasteiger partial charge in [0, 0.05) is 30.6 Å². The fourth-order valence-electron chi connectivity index (χ4n) is 3.29. The molecule has 0 aliphatic rings. The molecular formula is C26H39Cl2N3O4S. The van der Waals surface area contributed by atoms with Gasteiger partial charge in [0.15, 0.2) is 5.82 Å². The molecule has 0 saturated carbocycles. The van der Waals surface area contributed by atoms with Crippen molar-refractivity contribution in [3.05, 3.63) is 46.6 Å². The number of rotatable bonds is 11. The van der Waals surface area contributed by atoms with Crippen LogP contribution in [0, 0.1) is 0 Å². The number of carboxylic acids is 1. The second-order valence-corrected chi connectivity index (χ2v) is 10.2. The van der Waals surface area contributed by atoms with Gasteiger partial charge < -0.3 is 14.9 Å². The number of pyridine rings is 1. The van der Waals surface area contributed by atoms with Gasteiger partial charge in [0.25, 0.3) is 0 Å². The largest absolute Gasteiger partial charge is 0.480 e. The van der Waals surface area contributed by atoms with Gasteiger partial charge in [0.05, 0.1) is 26.4 Å². The number of halogens is 2. The molecule has 0 aliphatic heterocycles. The number of carbonyl (C=O) groups excluding carboxylic acids is 1. The van der Waals surface area contributed by atoms with Gasteiger partial charge in [0.1, 0.15) is 6.54 Å². The van der Waals surface area contributed by atoms with Gasteiger partial charge in [-0.1, -0.05) is 70.2 Å². The molecule has 2 aromatic rings. The van der Waals surface area contributed by atoms with E-state index in [2.05, 4.69) is 37.6 Å². The number of amides is 1. The molecule has 0 aliphatic carbocycles. The van der Waals surface area contributed by atoms with E-state index >= 15 is 0 Å². The van der Waals surface area contributed by atoms with Gasteiger partial charge in [-0.25, -0.2) is 4.98 Å². The summed E-state index contributed by atoms with van der Waals surface area (Å²) in [5.41, 5.74) is 0.527. The van der Waals surface area contributed by atoms with Gasteiger partial charge >= 0.3 is 5.97 Å². The van der Waals surface area contributed by atoms with E-state index in [0.717, 1.165) is 25.7 Å². The van der Waals surface area contributed by atoms with Crippen molar-refractivity contribution in [2.45, 2.75) is 70.7 Å². The maximum absolute atomic E-state index is 11.3. The first kappa shape index (κ1) is 33.8. The van der Waals surface area contributed by atoms with Crippen LogP contribution in [0.25, 0.3) is 0 Å². The molecule has 0 saturated heterocycles. The number of aliphatic carboxylic acids is 1. The molecule has 1 atom stereocenters. The van der Waals surface area contributed by atoms with Crippen LogP contribution >= 0.6 is 23.2 Å². The third kappa shape index (κ3) is 12.2. The average molecular weight is 561 g/mol. The van der Waals surface area contributed by atoms with Gasteiger partial charge in [-0.2, -0.15) is 0 Å². The Hall–Kier alpha value is -2.16. The smallest absolute Gasteiger partial charge is 0.323 e. The van der Waals surface area contributed by atoms with Crippen LogP contribution in [-0.4, -0.2) is 52.6 Å². The first-order chi connectivity index (χ1) is 17.1. The monoisotopic (exact) mass is 559 g/mol. The highest BCUT2D eigenvalue weighted by Gasteiger charge is 2.21. The highest BCUT2D eigenvalue weighted by atomic mass is 35.5. The lowest BCUT2D eigenvalue weighted by Gasteiger charge is -2.31. The molecule has 0 bridgehead atoms. The number of carbonyl (C=O) groups is 2. The first-order valence-corrected chi connectivity index (χ1v) is 14.3. The zero-order valence-corrected chi connectivity index (χ0v) is 24.4. The van der Waals surface area contributed by atoms with E-state index < -0.39 is 16.8 Å². The zero-order valence-electron chi connectivity index (χ0n) is 22.0. The second kappa shape index (κ2) is 19.0. The summed E-state index contributed by atoms with van der Waals surface area (Å²) in [4.78, 5) is 30.4. The molecule has 7 nitrogen and oxygen atoms in total. The number of aromatic nitrogens is 1. The van der Waals surface area contributed by atoms with Crippen molar-refractivity contribution >= 4 is 57.9 Å². The van der Waals surface area contributed by atoms with Crippen LogP contribution in [-0.2, 0) is 20.4 Å². The number of hydrogen-bond acceptors (Lipinski definition) is 5. The van der Waals surface area contributed by atoms with Crippen LogP contribution in [0.3, 0.4) is 0 Å². The Balaban J connectivity index is 0.000000725. The molecule has 202 valence electrons. The van der Waals surface area contributed by atoms with Crippen molar-refractivity contribution in [1.82, 2.24) is 4.98 Å². The normalized spacial score (nSPS) is 10.9. The summed E-state index contributed by atoms with van der Waals surface area (Å²) in [5.74, 6) is -0.411. The Morgan fingerprint density at radius 3 is 2.17 bits per heavy atom. The molecule has 2 rings (SSSR count). The minimum absolute atomic E-state index is 0.321. The predicted molar refractivity (Wildman–Crippen MR) is 152 cm³/mol. The summed E-state index contributed by atoms with van der Waals surface area (Å²) in [6.07, 6.45) is 9.20. The molecule has 0 fully saturated rings. The van der Waals surface area contributed by atoms with Gasteiger partial charge in [-0.15, -0.1) is 0 Å². The standard InChI is InChI=1S/C16H25N3O3.C7H6Cl2OS.C3H8/c1-4-7-13(8-5-2)18(3)16-14(9-6-10-17-16)19(12-20)11-15(21)22;1-11(10)7-3-2-5(8)4-6(7)9;1-3-2/h6,9-10,12-13H,4-5,7-8,11H2,1-3H3,(H,21,22);2-4H,1H3;3H2,1-2H3. The number of hydrogen-bond donors (Lipinski definition) is 1. The van der Waals surface area contributed by atoms with Gasteiger partial charge in [0.2, 0.25) is 6.41 Å². The number of benzene rings is 1. The van der Waals surface area contributed by atoms with E-state index in [1.807, 2.05) is 7.05 Å². The summed E-state index contributed by atoms with van der Waals surface area (Å²) in [6, 6.07) is 8.68. The van der Waals surface area contributed by atoms with Gasteiger partial charge in [-0.3, -0.25) is 13.8 Å². The Labute approximate surface area is 228 Å². The van der Waals surface area contributed by atoms with E-state index in [1.54, 1.807) is 42.8 Å². The second-order valence-electron chi connectivity index (χ2n) is 8.05. The number of anilines is 2. The highest BCUT2D eigenvalue weighted by molar-refractivity contribution is 7.84. The van der Waals surface area contributed by atoms with E-state index in [-0.39, 0.29) is 6.54 Å². The van der Waals surface area contributed by atoms with E-state index in [0.29, 0.717) is 38.9 Å². The third-order valence-corrected chi connectivity index (χ3v) is 6.47. The lowest BCUT2D eigenvalue weighted by atomic mass is 10.1. The average Bonchev–Trinajstić information content (AvgIpc) is 2.82. The molecule has 1 aromatic carbocycles. The van der Waals surface area contributed by atoms with Crippen LogP contribution in [0.5, 0.6) is 0 Å². The van der Waals surface area contributed by atoms with Crippen molar-refractivity contribution in [1.29, 1.82) is 0 Å². The zero-order chi connectivity index (χ0) is 27.7. The Morgan fingerprint density at radius 1 is 1.14 bits per heavy atom. The lowest BCUT2D eigenvalue weighted by Crippen LogP contribution is -2.35. The summed E-state index contributed by atoms with van der Waals surface area (Å²) < 4.78 is 11.0.